The molecule has 0 fully saturated rings. The highest BCUT2D eigenvalue weighted by molar-refractivity contribution is 7.92. The summed E-state index contributed by atoms with van der Waals surface area (Å²) in [7, 11) is -1.27. The normalized spacial score (nSPS) is 15.5. The number of anilines is 1. The average Bonchev–Trinajstić information content (AvgIpc) is 3.19. The van der Waals surface area contributed by atoms with Crippen LogP contribution in [0.1, 0.15) is 12.5 Å². The van der Waals surface area contributed by atoms with E-state index in [0.29, 0.717) is 27.7 Å². The number of aromatic nitrogens is 2. The molecule has 0 spiro atoms. The molecule has 0 bridgehead atoms. The average molecular weight is 556 g/mol. The van der Waals surface area contributed by atoms with Crippen LogP contribution in [-0.4, -0.2) is 55.3 Å². The van der Waals surface area contributed by atoms with Crippen LogP contribution in [0.5, 0.6) is 11.9 Å². The van der Waals surface area contributed by atoms with Crippen molar-refractivity contribution in [2.24, 2.45) is 15.3 Å². The van der Waals surface area contributed by atoms with Crippen LogP contribution in [0.2, 0.25) is 5.02 Å². The number of methoxy groups -OCH3 is 2. The van der Waals surface area contributed by atoms with Gasteiger partial charge in [0.15, 0.2) is 11.9 Å². The van der Waals surface area contributed by atoms with Crippen LogP contribution in [0, 0.1) is 0 Å². The predicted octanol–water partition coefficient (Wildman–Crippen LogP) is 4.29. The van der Waals surface area contributed by atoms with Gasteiger partial charge in [-0.15, -0.1) is 0 Å². The Kier molecular flexibility index (Phi) is 7.69. The molecule has 0 radical (unpaired) electrons. The van der Waals surface area contributed by atoms with E-state index in [-0.39, 0.29) is 22.6 Å². The van der Waals surface area contributed by atoms with Crippen molar-refractivity contribution in [1.29, 1.82) is 0 Å². The highest BCUT2D eigenvalue weighted by Crippen LogP contribution is 2.27. The summed E-state index contributed by atoms with van der Waals surface area (Å²) in [6.07, 6.45) is 0. The van der Waals surface area contributed by atoms with Gasteiger partial charge in [0.05, 0.1) is 36.2 Å². The molecule has 1 aromatic heterocycles. The summed E-state index contributed by atoms with van der Waals surface area (Å²) in [5, 5.41) is 14.2. The number of sulfonamides is 1. The summed E-state index contributed by atoms with van der Waals surface area (Å²) in [5.41, 5.74) is 1.84. The Morgan fingerprint density at radius 1 is 1.08 bits per heavy atom. The molecule has 0 saturated carbocycles. The van der Waals surface area contributed by atoms with E-state index < -0.39 is 22.0 Å². The number of halogens is 1. The van der Waals surface area contributed by atoms with Crippen LogP contribution in [0.3, 0.4) is 0 Å². The number of carbonyl (C=O) groups is 1. The van der Waals surface area contributed by atoms with Crippen LogP contribution in [0.15, 0.2) is 81.4 Å². The fraction of sp³-hybridized carbons (Fsp3) is 0.167. The Morgan fingerprint density at radius 3 is 2.39 bits per heavy atom. The van der Waals surface area contributed by atoms with Gasteiger partial charge in [-0.3, -0.25) is 9.52 Å². The number of hydrogen-bond donors (Lipinski definition) is 1. The van der Waals surface area contributed by atoms with Crippen molar-refractivity contribution in [1.82, 2.24) is 15.0 Å². The Bertz CT molecular complexity index is 1520. The second kappa shape index (κ2) is 10.9. The molecular formula is C24H22ClN7O5S. The third kappa shape index (κ3) is 5.79. The molecular weight excluding hydrogens is 534 g/mol. The summed E-state index contributed by atoms with van der Waals surface area (Å²) >= 11 is 5.93. The van der Waals surface area contributed by atoms with Gasteiger partial charge in [0.25, 0.3) is 15.9 Å². The van der Waals surface area contributed by atoms with Crippen LogP contribution >= 0.6 is 11.6 Å². The summed E-state index contributed by atoms with van der Waals surface area (Å²) in [4.78, 5) is 20.8. The number of rotatable bonds is 9. The first kappa shape index (κ1) is 26.7. The van der Waals surface area contributed by atoms with Crippen molar-refractivity contribution in [3.8, 4) is 11.9 Å². The number of ether oxygens (including phenoxy) is 2. The number of nitrogens with one attached hydrogen (secondary N) is 1. The van der Waals surface area contributed by atoms with Crippen molar-refractivity contribution in [2.45, 2.75) is 17.9 Å². The first-order chi connectivity index (χ1) is 18.1. The highest BCUT2D eigenvalue weighted by Gasteiger charge is 2.35. The van der Waals surface area contributed by atoms with E-state index in [4.69, 9.17) is 21.1 Å². The molecule has 0 saturated heterocycles. The van der Waals surface area contributed by atoms with E-state index in [1.807, 2.05) is 0 Å². The highest BCUT2D eigenvalue weighted by atomic mass is 35.5. The molecule has 14 heteroatoms. The van der Waals surface area contributed by atoms with Crippen LogP contribution in [0.4, 0.5) is 11.5 Å². The van der Waals surface area contributed by atoms with Gasteiger partial charge >= 0.3 is 6.01 Å². The zero-order valence-corrected chi connectivity index (χ0v) is 22.1. The summed E-state index contributed by atoms with van der Waals surface area (Å²) < 4.78 is 38.0. The molecule has 196 valence electrons. The van der Waals surface area contributed by atoms with E-state index in [9.17, 15) is 13.2 Å². The maximum Gasteiger partial charge on any atom is 0.321 e. The van der Waals surface area contributed by atoms with Gasteiger partial charge in [-0.25, -0.2) is 8.42 Å². The Balaban J connectivity index is 1.46. The molecule has 1 aliphatic heterocycles. The molecule has 4 rings (SSSR count). The zero-order valence-electron chi connectivity index (χ0n) is 20.5. The van der Waals surface area contributed by atoms with Crippen LogP contribution in [0.25, 0.3) is 5.70 Å². The van der Waals surface area contributed by atoms with Gasteiger partial charge in [-0.2, -0.15) is 30.3 Å². The third-order valence-corrected chi connectivity index (χ3v) is 6.90. The molecule has 2 aromatic carbocycles. The zero-order chi connectivity index (χ0) is 27.4. The predicted molar refractivity (Wildman–Crippen MR) is 141 cm³/mol. The van der Waals surface area contributed by atoms with Gasteiger partial charge in [-0.1, -0.05) is 30.3 Å². The van der Waals surface area contributed by atoms with Crippen molar-refractivity contribution in [3.05, 3.63) is 71.8 Å². The Hall–Kier alpha value is -4.36. The number of hydrogen-bond acceptors (Lipinski definition) is 10. The smallest absolute Gasteiger partial charge is 0.321 e. The van der Waals surface area contributed by atoms with E-state index in [2.05, 4.69) is 36.6 Å². The first-order valence-corrected chi connectivity index (χ1v) is 12.8. The second-order valence-electron chi connectivity index (χ2n) is 7.84. The van der Waals surface area contributed by atoms with Crippen molar-refractivity contribution < 1.29 is 22.7 Å². The lowest BCUT2D eigenvalue weighted by atomic mass is 10.1. The first-order valence-electron chi connectivity index (χ1n) is 11.0. The van der Waals surface area contributed by atoms with Gasteiger partial charge < -0.3 is 9.47 Å². The number of nitrogens with zero attached hydrogens (tertiary/aromatic N) is 6. The SMILES string of the molecule is C=C(c1ccc(Cl)cc1)N1N=C(C)C(N=Nc2ccc(S(=O)(=O)Nc3cc(OC)nc(OC)n3)cc2)C1=O. The number of hydrazone groups is 1. The van der Waals surface area contributed by atoms with E-state index in [1.165, 1.54) is 49.6 Å². The molecule has 0 aliphatic carbocycles. The third-order valence-electron chi connectivity index (χ3n) is 5.28. The Labute approximate surface area is 223 Å². The lowest BCUT2D eigenvalue weighted by Gasteiger charge is -2.15. The monoisotopic (exact) mass is 555 g/mol. The quantitative estimate of drug-likeness (QED) is 0.387. The number of carbonyl (C=O) groups excluding carboxylic acids is 1. The molecule has 1 aliphatic rings. The van der Waals surface area contributed by atoms with Crippen LogP contribution < -0.4 is 14.2 Å². The maximum absolute atomic E-state index is 12.9. The van der Waals surface area contributed by atoms with Gasteiger partial charge in [-0.05, 0) is 48.9 Å². The summed E-state index contributed by atoms with van der Waals surface area (Å²) in [6.45, 7) is 5.62. The molecule has 1 N–H and O–H groups in total. The minimum absolute atomic E-state index is 0.0308. The van der Waals surface area contributed by atoms with Crippen molar-refractivity contribution in [2.75, 3.05) is 18.9 Å². The lowest BCUT2D eigenvalue weighted by molar-refractivity contribution is -0.126. The Morgan fingerprint density at radius 2 is 1.76 bits per heavy atom. The maximum atomic E-state index is 12.9. The van der Waals surface area contributed by atoms with Gasteiger partial charge in [0.2, 0.25) is 5.88 Å². The number of amides is 1. The fourth-order valence-electron chi connectivity index (χ4n) is 3.31. The molecule has 38 heavy (non-hydrogen) atoms. The molecule has 3 aromatic rings. The van der Waals surface area contributed by atoms with Gasteiger partial charge in [0.1, 0.15) is 0 Å². The largest absolute Gasteiger partial charge is 0.481 e. The standard InChI is InChI=1S/C24H22ClN7O5S/c1-14-22(23(33)32(30-14)15(2)16-5-7-17(25)8-6-16)29-28-18-9-11-19(12-10-18)38(34,35)31-20-13-21(36-3)27-24(26-20)37-4/h5-13,22H,2H2,1,3-4H3,(H,26,27,31). The fourth-order valence-corrected chi connectivity index (χ4v) is 4.43. The van der Waals surface area contributed by atoms with E-state index in [0.717, 1.165) is 0 Å². The van der Waals surface area contributed by atoms with Gasteiger partial charge in [0, 0.05) is 11.1 Å². The summed E-state index contributed by atoms with van der Waals surface area (Å²) in [6, 6.07) is 12.8. The van der Waals surface area contributed by atoms with Crippen molar-refractivity contribution >= 4 is 50.4 Å². The summed E-state index contributed by atoms with van der Waals surface area (Å²) in [5.74, 6) is -0.317. The molecule has 2 heterocycles. The lowest BCUT2D eigenvalue weighted by Crippen LogP contribution is -2.28. The van der Waals surface area contributed by atoms with E-state index >= 15 is 0 Å². The molecule has 1 amide bonds. The van der Waals surface area contributed by atoms with Crippen LogP contribution in [-0.2, 0) is 14.8 Å². The molecule has 1 unspecified atom stereocenters. The second-order valence-corrected chi connectivity index (χ2v) is 9.96. The van der Waals surface area contributed by atoms with E-state index in [1.54, 1.807) is 31.2 Å². The molecule has 1 atom stereocenters. The minimum Gasteiger partial charge on any atom is -0.481 e. The number of azo groups is 1. The topological polar surface area (TPSA) is 148 Å². The number of benzene rings is 2. The molecule has 12 nitrogen and oxygen atoms in total. The minimum atomic E-state index is -4.00. The van der Waals surface area contributed by atoms with Crippen molar-refractivity contribution in [3.63, 3.8) is 0 Å².